The number of fused-ring (bicyclic) bond motifs is 1. The van der Waals surface area contributed by atoms with Gasteiger partial charge in [-0.3, -0.25) is 9.59 Å². The number of ketones is 1. The zero-order valence-corrected chi connectivity index (χ0v) is 13.8. The molecule has 0 fully saturated rings. The fourth-order valence-electron chi connectivity index (χ4n) is 2.38. The van der Waals surface area contributed by atoms with E-state index in [0.717, 1.165) is 5.52 Å². The second kappa shape index (κ2) is 6.88. The van der Waals surface area contributed by atoms with Crippen molar-refractivity contribution < 1.29 is 14.7 Å². The number of hydrogen-bond donors (Lipinski definition) is 2. The highest BCUT2D eigenvalue weighted by molar-refractivity contribution is 8.00. The molecule has 2 aromatic carbocycles. The lowest BCUT2D eigenvalue weighted by Gasteiger charge is -2.05. The Labute approximate surface area is 143 Å². The Hall–Kier alpha value is -2.60. The summed E-state index contributed by atoms with van der Waals surface area (Å²) in [5.74, 6) is -0.916. The van der Waals surface area contributed by atoms with Gasteiger partial charge in [-0.1, -0.05) is 49.0 Å². The summed E-state index contributed by atoms with van der Waals surface area (Å²) in [6.07, 6.45) is 0.509. The Morgan fingerprint density at radius 1 is 1.17 bits per heavy atom. The normalized spacial score (nSPS) is 12.2. The Morgan fingerprint density at radius 3 is 2.58 bits per heavy atom. The van der Waals surface area contributed by atoms with Crippen molar-refractivity contribution in [1.82, 2.24) is 9.97 Å². The molecule has 0 saturated carbocycles. The summed E-state index contributed by atoms with van der Waals surface area (Å²) in [6, 6.07) is 14.3. The molecule has 1 unspecified atom stereocenters. The number of thioether (sulfide) groups is 1. The van der Waals surface area contributed by atoms with E-state index in [1.54, 1.807) is 30.3 Å². The standard InChI is InChI=1S/C18H16N2O3S/c1-2-15(17(22)23)24-18-19-13-9-8-12(10-14(13)20-18)16(21)11-6-4-3-5-7-11/h3-10,15H,2H2,1H3,(H,19,20)(H,22,23). The SMILES string of the molecule is CCC(Sc1nc2ccc(C(=O)c3ccccc3)cc2[nH]1)C(=O)O. The molecular weight excluding hydrogens is 324 g/mol. The topological polar surface area (TPSA) is 83.0 Å². The molecule has 0 aliphatic rings. The second-order valence-electron chi connectivity index (χ2n) is 5.32. The van der Waals surface area contributed by atoms with Gasteiger partial charge in [-0.2, -0.15) is 0 Å². The maximum Gasteiger partial charge on any atom is 0.317 e. The van der Waals surface area contributed by atoms with Gasteiger partial charge in [0.2, 0.25) is 0 Å². The van der Waals surface area contributed by atoms with E-state index in [9.17, 15) is 9.59 Å². The van der Waals surface area contributed by atoms with Crippen molar-refractivity contribution in [2.75, 3.05) is 0 Å². The number of carbonyl (C=O) groups excluding carboxylic acids is 1. The number of carbonyl (C=O) groups is 2. The van der Waals surface area contributed by atoms with Crippen LogP contribution in [0.1, 0.15) is 29.3 Å². The highest BCUT2D eigenvalue weighted by atomic mass is 32.2. The molecule has 122 valence electrons. The molecule has 24 heavy (non-hydrogen) atoms. The van der Waals surface area contributed by atoms with Gasteiger partial charge in [0.25, 0.3) is 0 Å². The quantitative estimate of drug-likeness (QED) is 0.527. The molecule has 0 radical (unpaired) electrons. The van der Waals surface area contributed by atoms with E-state index < -0.39 is 11.2 Å². The van der Waals surface area contributed by atoms with Gasteiger partial charge in [-0.15, -0.1) is 0 Å². The van der Waals surface area contributed by atoms with E-state index in [1.807, 2.05) is 25.1 Å². The average Bonchev–Trinajstić information content (AvgIpc) is 3.01. The van der Waals surface area contributed by atoms with Gasteiger partial charge in [0.1, 0.15) is 5.25 Å². The second-order valence-corrected chi connectivity index (χ2v) is 6.51. The van der Waals surface area contributed by atoms with Crippen LogP contribution in [0.4, 0.5) is 0 Å². The highest BCUT2D eigenvalue weighted by Gasteiger charge is 2.19. The van der Waals surface area contributed by atoms with Gasteiger partial charge in [0.05, 0.1) is 11.0 Å². The van der Waals surface area contributed by atoms with Crippen molar-refractivity contribution in [2.24, 2.45) is 0 Å². The Morgan fingerprint density at radius 2 is 1.92 bits per heavy atom. The lowest BCUT2D eigenvalue weighted by molar-refractivity contribution is -0.136. The monoisotopic (exact) mass is 340 g/mol. The Bertz CT molecular complexity index is 890. The van der Waals surface area contributed by atoms with Crippen LogP contribution in [0.3, 0.4) is 0 Å². The van der Waals surface area contributed by atoms with Crippen molar-refractivity contribution in [1.29, 1.82) is 0 Å². The lowest BCUT2D eigenvalue weighted by atomic mass is 10.0. The molecule has 0 amide bonds. The first-order chi connectivity index (χ1) is 11.6. The predicted molar refractivity (Wildman–Crippen MR) is 93.5 cm³/mol. The summed E-state index contributed by atoms with van der Waals surface area (Å²) in [6.45, 7) is 1.82. The molecule has 3 rings (SSSR count). The first-order valence-electron chi connectivity index (χ1n) is 7.57. The number of nitrogens with one attached hydrogen (secondary N) is 1. The number of rotatable bonds is 6. The average molecular weight is 340 g/mol. The smallest absolute Gasteiger partial charge is 0.317 e. The summed E-state index contributed by atoms with van der Waals surface area (Å²) in [5.41, 5.74) is 2.63. The highest BCUT2D eigenvalue weighted by Crippen LogP contribution is 2.26. The van der Waals surface area contributed by atoms with E-state index >= 15 is 0 Å². The molecule has 2 N–H and O–H groups in total. The van der Waals surface area contributed by atoms with Crippen LogP contribution < -0.4 is 0 Å². The minimum Gasteiger partial charge on any atom is -0.480 e. The van der Waals surface area contributed by atoms with Gasteiger partial charge in [-0.05, 0) is 24.6 Å². The number of benzene rings is 2. The number of aromatic nitrogens is 2. The third-order valence-electron chi connectivity index (χ3n) is 3.66. The van der Waals surface area contributed by atoms with Crippen molar-refractivity contribution in [3.8, 4) is 0 Å². The molecule has 1 aromatic heterocycles. The number of hydrogen-bond acceptors (Lipinski definition) is 4. The van der Waals surface area contributed by atoms with Crippen LogP contribution in [0.5, 0.6) is 0 Å². The first-order valence-corrected chi connectivity index (χ1v) is 8.45. The van der Waals surface area contributed by atoms with E-state index in [0.29, 0.717) is 28.2 Å². The zero-order valence-electron chi connectivity index (χ0n) is 13.0. The molecule has 0 saturated heterocycles. The molecule has 1 heterocycles. The molecular formula is C18H16N2O3S. The van der Waals surface area contributed by atoms with Crippen LogP contribution in [-0.2, 0) is 4.79 Å². The van der Waals surface area contributed by atoms with Gasteiger partial charge in [0.15, 0.2) is 10.9 Å². The van der Waals surface area contributed by atoms with Crippen LogP contribution in [0, 0.1) is 0 Å². The number of imidazole rings is 1. The Balaban J connectivity index is 1.89. The van der Waals surface area contributed by atoms with Gasteiger partial charge < -0.3 is 10.1 Å². The predicted octanol–water partition coefficient (Wildman–Crippen LogP) is 3.75. The molecule has 1 atom stereocenters. The van der Waals surface area contributed by atoms with Gasteiger partial charge in [-0.25, -0.2) is 4.98 Å². The lowest BCUT2D eigenvalue weighted by Crippen LogP contribution is -2.14. The molecule has 3 aromatic rings. The van der Waals surface area contributed by atoms with Crippen LogP contribution in [0.15, 0.2) is 53.7 Å². The summed E-state index contributed by atoms with van der Waals surface area (Å²) < 4.78 is 0. The van der Waals surface area contributed by atoms with Crippen molar-refractivity contribution in [3.05, 3.63) is 59.7 Å². The molecule has 0 aliphatic heterocycles. The number of carboxylic acid groups (broad SMARTS) is 1. The largest absolute Gasteiger partial charge is 0.480 e. The van der Waals surface area contributed by atoms with Crippen molar-refractivity contribution >= 4 is 34.5 Å². The first kappa shape index (κ1) is 16.3. The number of aliphatic carboxylic acids is 1. The molecule has 0 spiro atoms. The van der Waals surface area contributed by atoms with Gasteiger partial charge >= 0.3 is 5.97 Å². The van der Waals surface area contributed by atoms with E-state index in [4.69, 9.17) is 5.11 Å². The summed E-state index contributed by atoms with van der Waals surface area (Å²) in [7, 11) is 0. The van der Waals surface area contributed by atoms with E-state index in [-0.39, 0.29) is 5.78 Å². The maximum absolute atomic E-state index is 12.5. The number of nitrogens with zero attached hydrogens (tertiary/aromatic N) is 1. The van der Waals surface area contributed by atoms with Crippen LogP contribution in [0.25, 0.3) is 11.0 Å². The minimum absolute atomic E-state index is 0.0572. The van der Waals surface area contributed by atoms with Crippen LogP contribution >= 0.6 is 11.8 Å². The molecule has 5 nitrogen and oxygen atoms in total. The maximum atomic E-state index is 12.5. The minimum atomic E-state index is -0.858. The van der Waals surface area contributed by atoms with Crippen LogP contribution in [-0.4, -0.2) is 32.1 Å². The van der Waals surface area contributed by atoms with E-state index in [2.05, 4.69) is 9.97 Å². The van der Waals surface area contributed by atoms with Gasteiger partial charge in [0, 0.05) is 11.1 Å². The number of H-pyrrole nitrogens is 1. The fraction of sp³-hybridized carbons (Fsp3) is 0.167. The molecule has 6 heteroatoms. The number of aromatic amines is 1. The van der Waals surface area contributed by atoms with E-state index in [1.165, 1.54) is 11.8 Å². The Kier molecular flexibility index (Phi) is 4.66. The summed E-state index contributed by atoms with van der Waals surface area (Å²) >= 11 is 1.18. The summed E-state index contributed by atoms with van der Waals surface area (Å²) in [5, 5.41) is 9.14. The third kappa shape index (κ3) is 3.33. The van der Waals surface area contributed by atoms with Crippen molar-refractivity contribution in [3.63, 3.8) is 0 Å². The number of carboxylic acids is 1. The summed E-state index contributed by atoms with van der Waals surface area (Å²) in [4.78, 5) is 31.1. The third-order valence-corrected chi connectivity index (χ3v) is 4.89. The van der Waals surface area contributed by atoms with Crippen molar-refractivity contribution in [2.45, 2.75) is 23.8 Å². The molecule has 0 aliphatic carbocycles. The fourth-order valence-corrected chi connectivity index (χ4v) is 3.24. The molecule has 0 bridgehead atoms. The zero-order chi connectivity index (χ0) is 17.1. The van der Waals surface area contributed by atoms with Crippen LogP contribution in [0.2, 0.25) is 0 Å².